The summed E-state index contributed by atoms with van der Waals surface area (Å²) >= 11 is 0. The Kier molecular flexibility index (Phi) is 3.42. The summed E-state index contributed by atoms with van der Waals surface area (Å²) in [6.45, 7) is 1.01. The molecule has 0 saturated carbocycles. The molecule has 2 heterocycles. The molecule has 1 aromatic carbocycles. The van der Waals surface area contributed by atoms with Crippen molar-refractivity contribution in [3.05, 3.63) is 42.4 Å². The molecule has 8 nitrogen and oxygen atoms in total. The molecule has 3 aromatic rings. The highest BCUT2D eigenvalue weighted by Crippen LogP contribution is 2.18. The molecular formula is C13H12N6O2. The summed E-state index contributed by atoms with van der Waals surface area (Å²) in [6.07, 6.45) is 3.09. The normalized spacial score (nSPS) is 10.7. The molecule has 0 amide bonds. The Hall–Kier alpha value is -3.03. The number of hydrogen-bond donors (Lipinski definition) is 2. The highest BCUT2D eigenvalue weighted by Gasteiger charge is 2.08. The van der Waals surface area contributed by atoms with Gasteiger partial charge >= 0.3 is 5.97 Å². The van der Waals surface area contributed by atoms with Crippen molar-refractivity contribution in [3.8, 4) is 0 Å². The first-order chi connectivity index (χ1) is 10.2. The largest absolute Gasteiger partial charge is 0.476 e. The molecule has 0 fully saturated rings. The van der Waals surface area contributed by atoms with Gasteiger partial charge in [0.2, 0.25) is 0 Å². The topological polar surface area (TPSA) is 106 Å². The summed E-state index contributed by atoms with van der Waals surface area (Å²) in [5.74, 6) is -0.402. The van der Waals surface area contributed by atoms with E-state index in [1.54, 1.807) is 6.20 Å². The first kappa shape index (κ1) is 13.0. The molecule has 21 heavy (non-hydrogen) atoms. The number of fused-ring (bicyclic) bond motifs is 1. The fourth-order valence-electron chi connectivity index (χ4n) is 1.95. The Balaban J connectivity index is 1.68. The van der Waals surface area contributed by atoms with Crippen molar-refractivity contribution in [2.24, 2.45) is 0 Å². The molecule has 0 bridgehead atoms. The molecule has 0 atom stereocenters. The molecule has 0 aliphatic heterocycles. The van der Waals surface area contributed by atoms with E-state index in [0.717, 1.165) is 10.8 Å². The van der Waals surface area contributed by atoms with Gasteiger partial charge in [-0.15, -0.1) is 10.2 Å². The first-order valence-corrected chi connectivity index (χ1v) is 6.32. The minimum Gasteiger partial charge on any atom is -0.476 e. The van der Waals surface area contributed by atoms with Crippen LogP contribution in [0.25, 0.3) is 10.8 Å². The van der Waals surface area contributed by atoms with Crippen LogP contribution in [0.15, 0.2) is 36.7 Å². The number of aromatic nitrogens is 5. The Bertz CT molecular complexity index is 780. The Morgan fingerprint density at radius 1 is 1.29 bits per heavy atom. The van der Waals surface area contributed by atoms with Crippen LogP contribution in [0.4, 0.5) is 5.82 Å². The summed E-state index contributed by atoms with van der Waals surface area (Å²) in [5, 5.41) is 29.2. The van der Waals surface area contributed by atoms with Crippen molar-refractivity contribution >= 4 is 22.6 Å². The second-order valence-electron chi connectivity index (χ2n) is 4.38. The molecule has 0 spiro atoms. The van der Waals surface area contributed by atoms with Crippen molar-refractivity contribution in [1.82, 2.24) is 25.2 Å². The second kappa shape index (κ2) is 5.53. The fourth-order valence-corrected chi connectivity index (χ4v) is 1.95. The maximum atomic E-state index is 10.7. The third-order valence-corrected chi connectivity index (χ3v) is 2.96. The van der Waals surface area contributed by atoms with Crippen LogP contribution in [-0.4, -0.2) is 42.8 Å². The first-order valence-electron chi connectivity index (χ1n) is 6.32. The van der Waals surface area contributed by atoms with E-state index in [0.29, 0.717) is 18.9 Å². The molecule has 0 saturated heterocycles. The zero-order valence-electron chi connectivity index (χ0n) is 11.0. The van der Waals surface area contributed by atoms with Gasteiger partial charge in [0.1, 0.15) is 0 Å². The summed E-state index contributed by atoms with van der Waals surface area (Å²) in [7, 11) is 0. The smallest absolute Gasteiger partial charge is 0.358 e. The molecule has 8 heteroatoms. The number of benzene rings is 1. The molecular weight excluding hydrogens is 272 g/mol. The summed E-state index contributed by atoms with van der Waals surface area (Å²) in [5.41, 5.74) is -0.0695. The number of nitrogens with one attached hydrogen (secondary N) is 1. The average molecular weight is 284 g/mol. The van der Waals surface area contributed by atoms with E-state index in [1.807, 2.05) is 24.3 Å². The number of anilines is 1. The van der Waals surface area contributed by atoms with Gasteiger partial charge in [-0.05, 0) is 0 Å². The minimum atomic E-state index is -1.09. The number of rotatable bonds is 5. The summed E-state index contributed by atoms with van der Waals surface area (Å²) < 4.78 is 1.47. The Labute approximate surface area is 119 Å². The fraction of sp³-hybridized carbons (Fsp3) is 0.154. The SMILES string of the molecule is O=C(O)c1cn(CCNc2nncc3ccccc23)nn1. The van der Waals surface area contributed by atoms with Gasteiger partial charge in [0.15, 0.2) is 11.5 Å². The van der Waals surface area contributed by atoms with Gasteiger partial charge in [0.05, 0.1) is 18.9 Å². The van der Waals surface area contributed by atoms with Gasteiger partial charge in [-0.3, -0.25) is 0 Å². The monoisotopic (exact) mass is 284 g/mol. The zero-order chi connectivity index (χ0) is 14.7. The molecule has 0 unspecified atom stereocenters. The second-order valence-corrected chi connectivity index (χ2v) is 4.38. The molecule has 0 radical (unpaired) electrons. The predicted molar refractivity (Wildman–Crippen MR) is 75.0 cm³/mol. The highest BCUT2D eigenvalue weighted by atomic mass is 16.4. The van der Waals surface area contributed by atoms with Crippen molar-refractivity contribution in [2.45, 2.75) is 6.54 Å². The summed E-state index contributed by atoms with van der Waals surface area (Å²) in [4.78, 5) is 10.7. The van der Waals surface area contributed by atoms with E-state index < -0.39 is 5.97 Å². The van der Waals surface area contributed by atoms with Crippen LogP contribution >= 0.6 is 0 Å². The number of hydrogen-bond acceptors (Lipinski definition) is 6. The molecule has 2 N–H and O–H groups in total. The molecule has 2 aromatic heterocycles. The van der Waals surface area contributed by atoms with E-state index in [-0.39, 0.29) is 5.69 Å². The number of carboxylic acids is 1. The van der Waals surface area contributed by atoms with Crippen molar-refractivity contribution in [2.75, 3.05) is 11.9 Å². The van der Waals surface area contributed by atoms with E-state index in [1.165, 1.54) is 10.9 Å². The quantitative estimate of drug-likeness (QED) is 0.720. The lowest BCUT2D eigenvalue weighted by atomic mass is 10.2. The van der Waals surface area contributed by atoms with E-state index in [9.17, 15) is 4.79 Å². The van der Waals surface area contributed by atoms with Crippen LogP contribution in [0.2, 0.25) is 0 Å². The van der Waals surface area contributed by atoms with E-state index in [2.05, 4.69) is 25.8 Å². The molecule has 0 aliphatic rings. The summed E-state index contributed by atoms with van der Waals surface area (Å²) in [6, 6.07) is 7.80. The van der Waals surface area contributed by atoms with Gasteiger partial charge in [-0.1, -0.05) is 29.5 Å². The van der Waals surface area contributed by atoms with Gasteiger partial charge in [0.25, 0.3) is 0 Å². The minimum absolute atomic E-state index is 0.0695. The number of nitrogens with zero attached hydrogens (tertiary/aromatic N) is 5. The number of carboxylic acid groups (broad SMARTS) is 1. The van der Waals surface area contributed by atoms with Gasteiger partial charge < -0.3 is 10.4 Å². The van der Waals surface area contributed by atoms with Crippen molar-refractivity contribution < 1.29 is 9.90 Å². The average Bonchev–Trinajstić information content (AvgIpc) is 2.97. The molecule has 0 aliphatic carbocycles. The van der Waals surface area contributed by atoms with Crippen LogP contribution in [-0.2, 0) is 6.54 Å². The lowest BCUT2D eigenvalue weighted by Gasteiger charge is -2.07. The third kappa shape index (κ3) is 2.78. The van der Waals surface area contributed by atoms with Crippen LogP contribution in [0.5, 0.6) is 0 Å². The lowest BCUT2D eigenvalue weighted by molar-refractivity contribution is 0.0690. The van der Waals surface area contributed by atoms with Crippen LogP contribution in [0.3, 0.4) is 0 Å². The lowest BCUT2D eigenvalue weighted by Crippen LogP contribution is -2.12. The molecule has 3 rings (SSSR count). The van der Waals surface area contributed by atoms with Gasteiger partial charge in [-0.2, -0.15) is 5.10 Å². The Morgan fingerprint density at radius 2 is 2.14 bits per heavy atom. The highest BCUT2D eigenvalue weighted by molar-refractivity contribution is 5.90. The number of aromatic carboxylic acids is 1. The van der Waals surface area contributed by atoms with Gasteiger partial charge in [-0.25, -0.2) is 9.48 Å². The standard InChI is InChI=1S/C13H12N6O2/c20-13(21)11-8-19(18-16-11)6-5-14-12-10-4-2-1-3-9(10)7-15-17-12/h1-4,7-8H,5-6H2,(H,14,17)(H,20,21). The van der Waals surface area contributed by atoms with E-state index in [4.69, 9.17) is 5.11 Å². The maximum absolute atomic E-state index is 10.7. The van der Waals surface area contributed by atoms with Crippen LogP contribution in [0.1, 0.15) is 10.5 Å². The zero-order valence-corrected chi connectivity index (χ0v) is 11.0. The van der Waals surface area contributed by atoms with E-state index >= 15 is 0 Å². The predicted octanol–water partition coefficient (Wildman–Crippen LogP) is 1.03. The van der Waals surface area contributed by atoms with Gasteiger partial charge in [0, 0.05) is 17.3 Å². The van der Waals surface area contributed by atoms with Crippen LogP contribution < -0.4 is 5.32 Å². The molecule has 106 valence electrons. The number of carbonyl (C=O) groups is 1. The maximum Gasteiger partial charge on any atom is 0.358 e. The Morgan fingerprint density at radius 3 is 2.95 bits per heavy atom. The van der Waals surface area contributed by atoms with Crippen molar-refractivity contribution in [3.63, 3.8) is 0 Å². The van der Waals surface area contributed by atoms with Crippen LogP contribution in [0, 0.1) is 0 Å². The third-order valence-electron chi connectivity index (χ3n) is 2.96. The van der Waals surface area contributed by atoms with Crippen molar-refractivity contribution in [1.29, 1.82) is 0 Å².